The second-order valence-electron chi connectivity index (χ2n) is 4.34. The Morgan fingerprint density at radius 2 is 2.20 bits per heavy atom. The summed E-state index contributed by atoms with van der Waals surface area (Å²) in [6.07, 6.45) is 3.07. The first-order chi connectivity index (χ1) is 7.25. The van der Waals surface area contributed by atoms with E-state index in [0.29, 0.717) is 11.3 Å². The Balaban J connectivity index is 2.08. The van der Waals surface area contributed by atoms with Gasteiger partial charge in [-0.15, -0.1) is 0 Å². The van der Waals surface area contributed by atoms with Gasteiger partial charge in [0.05, 0.1) is 0 Å². The highest BCUT2D eigenvalue weighted by molar-refractivity contribution is 6.05. The zero-order valence-electron chi connectivity index (χ0n) is 8.29. The van der Waals surface area contributed by atoms with Crippen molar-refractivity contribution in [3.63, 3.8) is 0 Å². The van der Waals surface area contributed by atoms with E-state index >= 15 is 0 Å². The molecule has 78 valence electrons. The molecule has 0 radical (unpaired) electrons. The normalized spacial score (nSPS) is 28.2. The summed E-state index contributed by atoms with van der Waals surface area (Å²) >= 11 is 0. The minimum atomic E-state index is -0.287. The number of benzene rings is 1. The van der Waals surface area contributed by atoms with Crippen LogP contribution in [0.2, 0.25) is 0 Å². The summed E-state index contributed by atoms with van der Waals surface area (Å²) in [4.78, 5) is 12.0. The highest BCUT2D eigenvalue weighted by Crippen LogP contribution is 2.37. The van der Waals surface area contributed by atoms with Gasteiger partial charge in [0.25, 0.3) is 0 Å². The SMILES string of the molecule is O=C1c2ccc(F)cc2N[C@H]2CCC[C@@H]12. The molecule has 0 bridgehead atoms. The van der Waals surface area contributed by atoms with E-state index in [0.717, 1.165) is 19.3 Å². The molecule has 1 fully saturated rings. The van der Waals surface area contributed by atoms with Gasteiger partial charge in [0, 0.05) is 23.2 Å². The van der Waals surface area contributed by atoms with Crippen LogP contribution in [-0.4, -0.2) is 11.8 Å². The van der Waals surface area contributed by atoms with E-state index < -0.39 is 0 Å². The molecule has 1 saturated carbocycles. The third kappa shape index (κ3) is 1.26. The molecule has 0 unspecified atom stereocenters. The largest absolute Gasteiger partial charge is 0.381 e. The van der Waals surface area contributed by atoms with Crippen molar-refractivity contribution in [3.05, 3.63) is 29.6 Å². The van der Waals surface area contributed by atoms with Crippen molar-refractivity contribution >= 4 is 11.5 Å². The van der Waals surface area contributed by atoms with Crippen LogP contribution in [0.3, 0.4) is 0 Å². The summed E-state index contributed by atoms with van der Waals surface area (Å²) < 4.78 is 13.0. The van der Waals surface area contributed by atoms with Gasteiger partial charge in [-0.3, -0.25) is 4.79 Å². The fourth-order valence-electron chi connectivity index (χ4n) is 2.70. The number of carbonyl (C=O) groups is 1. The number of carbonyl (C=O) groups excluding carboxylic acids is 1. The molecule has 1 N–H and O–H groups in total. The lowest BCUT2D eigenvalue weighted by Gasteiger charge is -2.28. The maximum Gasteiger partial charge on any atom is 0.170 e. The average molecular weight is 205 g/mol. The van der Waals surface area contributed by atoms with Crippen molar-refractivity contribution in [2.75, 3.05) is 5.32 Å². The zero-order chi connectivity index (χ0) is 10.4. The van der Waals surface area contributed by atoms with Crippen molar-refractivity contribution in [1.29, 1.82) is 0 Å². The number of ketones is 1. The third-order valence-electron chi connectivity index (χ3n) is 3.44. The zero-order valence-corrected chi connectivity index (χ0v) is 8.29. The monoisotopic (exact) mass is 205 g/mol. The highest BCUT2D eigenvalue weighted by atomic mass is 19.1. The fourth-order valence-corrected chi connectivity index (χ4v) is 2.70. The number of anilines is 1. The van der Waals surface area contributed by atoms with Gasteiger partial charge in [-0.1, -0.05) is 6.42 Å². The van der Waals surface area contributed by atoms with E-state index in [1.807, 2.05) is 0 Å². The number of rotatable bonds is 0. The smallest absolute Gasteiger partial charge is 0.170 e. The van der Waals surface area contributed by atoms with Crippen molar-refractivity contribution in [2.45, 2.75) is 25.3 Å². The molecule has 1 aliphatic carbocycles. The molecule has 2 nitrogen and oxygen atoms in total. The first-order valence-corrected chi connectivity index (χ1v) is 5.36. The van der Waals surface area contributed by atoms with E-state index in [1.165, 1.54) is 12.1 Å². The van der Waals surface area contributed by atoms with Gasteiger partial charge in [-0.05, 0) is 31.0 Å². The topological polar surface area (TPSA) is 29.1 Å². The van der Waals surface area contributed by atoms with Crippen LogP contribution < -0.4 is 5.32 Å². The fraction of sp³-hybridized carbons (Fsp3) is 0.417. The Hall–Kier alpha value is -1.38. The molecule has 3 rings (SSSR count). The number of nitrogens with one attached hydrogen (secondary N) is 1. The minimum absolute atomic E-state index is 0.114. The summed E-state index contributed by atoms with van der Waals surface area (Å²) in [6.45, 7) is 0. The van der Waals surface area contributed by atoms with E-state index in [9.17, 15) is 9.18 Å². The molecule has 2 aliphatic rings. The molecule has 0 saturated heterocycles. The van der Waals surface area contributed by atoms with Crippen LogP contribution in [0, 0.1) is 11.7 Å². The maximum absolute atomic E-state index is 13.0. The number of hydrogen-bond acceptors (Lipinski definition) is 2. The molecule has 0 amide bonds. The Labute approximate surface area is 87.5 Å². The molecular formula is C12H12FNO. The lowest BCUT2D eigenvalue weighted by molar-refractivity contribution is 0.0911. The van der Waals surface area contributed by atoms with E-state index in [1.54, 1.807) is 6.07 Å². The molecule has 1 aromatic carbocycles. The third-order valence-corrected chi connectivity index (χ3v) is 3.44. The quantitative estimate of drug-likeness (QED) is 0.705. The molecule has 3 heteroatoms. The summed E-state index contributed by atoms with van der Waals surface area (Å²) in [5.74, 6) is 0.0136. The standard InChI is InChI=1S/C12H12FNO/c13-7-4-5-9-11(6-7)14-10-3-1-2-8(10)12(9)15/h4-6,8,10,14H,1-3H2/t8-,10+/m1/s1. The predicted molar refractivity (Wildman–Crippen MR) is 55.5 cm³/mol. The van der Waals surface area contributed by atoms with Crippen molar-refractivity contribution < 1.29 is 9.18 Å². The second kappa shape index (κ2) is 3.05. The van der Waals surface area contributed by atoms with Gasteiger partial charge in [-0.25, -0.2) is 4.39 Å². The van der Waals surface area contributed by atoms with Crippen molar-refractivity contribution in [3.8, 4) is 0 Å². The Kier molecular flexibility index (Phi) is 1.81. The molecule has 0 aromatic heterocycles. The first kappa shape index (κ1) is 8.89. The van der Waals surface area contributed by atoms with Crippen LogP contribution in [0.4, 0.5) is 10.1 Å². The van der Waals surface area contributed by atoms with Crippen molar-refractivity contribution in [1.82, 2.24) is 0 Å². The lowest BCUT2D eigenvalue weighted by Crippen LogP contribution is -2.35. The second-order valence-corrected chi connectivity index (χ2v) is 4.34. The number of fused-ring (bicyclic) bond motifs is 2. The molecule has 1 aliphatic heterocycles. The van der Waals surface area contributed by atoms with E-state index in [-0.39, 0.29) is 23.6 Å². The van der Waals surface area contributed by atoms with Gasteiger partial charge >= 0.3 is 0 Å². The predicted octanol–water partition coefficient (Wildman–Crippen LogP) is 2.60. The van der Waals surface area contributed by atoms with Gasteiger partial charge < -0.3 is 5.32 Å². The minimum Gasteiger partial charge on any atom is -0.381 e. The van der Waals surface area contributed by atoms with Gasteiger partial charge in [0.1, 0.15) is 5.82 Å². The van der Waals surface area contributed by atoms with Gasteiger partial charge in [-0.2, -0.15) is 0 Å². The lowest BCUT2D eigenvalue weighted by atomic mass is 9.88. The first-order valence-electron chi connectivity index (χ1n) is 5.36. The maximum atomic E-state index is 13.0. The van der Waals surface area contributed by atoms with Crippen LogP contribution in [0.1, 0.15) is 29.6 Å². The van der Waals surface area contributed by atoms with Gasteiger partial charge in [0.15, 0.2) is 5.78 Å². The average Bonchev–Trinajstić information content (AvgIpc) is 2.65. The Morgan fingerprint density at radius 3 is 3.07 bits per heavy atom. The van der Waals surface area contributed by atoms with Crippen LogP contribution in [-0.2, 0) is 0 Å². The molecule has 15 heavy (non-hydrogen) atoms. The summed E-state index contributed by atoms with van der Waals surface area (Å²) in [5.41, 5.74) is 1.32. The molecular weight excluding hydrogens is 193 g/mol. The van der Waals surface area contributed by atoms with E-state index in [4.69, 9.17) is 0 Å². The molecule has 1 heterocycles. The molecule has 0 spiro atoms. The number of hydrogen-bond donors (Lipinski definition) is 1. The van der Waals surface area contributed by atoms with E-state index in [2.05, 4.69) is 5.32 Å². The van der Waals surface area contributed by atoms with Gasteiger partial charge in [0.2, 0.25) is 0 Å². The Bertz CT molecular complexity index is 430. The Morgan fingerprint density at radius 1 is 1.33 bits per heavy atom. The van der Waals surface area contributed by atoms with Crippen LogP contribution in [0.25, 0.3) is 0 Å². The van der Waals surface area contributed by atoms with Crippen molar-refractivity contribution in [2.24, 2.45) is 5.92 Å². The molecule has 1 aromatic rings. The number of halogens is 1. The summed E-state index contributed by atoms with van der Waals surface area (Å²) in [5, 5.41) is 3.27. The highest BCUT2D eigenvalue weighted by Gasteiger charge is 2.38. The van der Waals surface area contributed by atoms with Crippen LogP contribution in [0.5, 0.6) is 0 Å². The summed E-state index contributed by atoms with van der Waals surface area (Å²) in [7, 11) is 0. The van der Waals surface area contributed by atoms with Crippen LogP contribution in [0.15, 0.2) is 18.2 Å². The molecule has 2 atom stereocenters. The van der Waals surface area contributed by atoms with Crippen LogP contribution >= 0.6 is 0 Å². The number of Topliss-reactive ketones (excluding diaryl/α,β-unsaturated/α-hetero) is 1. The summed E-state index contributed by atoms with van der Waals surface area (Å²) in [6, 6.07) is 4.59.